The number of Topliss-reactive ketones (excluding diaryl/α,β-unsaturated/α-hetero) is 1. The third-order valence-corrected chi connectivity index (χ3v) is 15.0. The van der Waals surface area contributed by atoms with Crippen LogP contribution in [0.5, 0.6) is 17.2 Å². The summed E-state index contributed by atoms with van der Waals surface area (Å²) in [6.45, 7) is 16.9. The molecule has 0 radical (unpaired) electrons. The third-order valence-electron chi connectivity index (χ3n) is 13.5. The number of para-hydroxylation sites is 1. The molecule has 2 aromatic carbocycles. The highest BCUT2D eigenvalue weighted by Crippen LogP contribution is 2.75. The smallest absolute Gasteiger partial charge is 0.333 e. The number of hydrogen-bond acceptors (Lipinski definition) is 11. The molecule has 10 nitrogen and oxygen atoms in total. The van der Waals surface area contributed by atoms with Crippen LogP contribution in [0.2, 0.25) is 0 Å². The van der Waals surface area contributed by atoms with Gasteiger partial charge in [0.2, 0.25) is 0 Å². The van der Waals surface area contributed by atoms with Gasteiger partial charge in [0.25, 0.3) is 0 Å². The SMILES string of the molecule is COC(=O)/C(C)=C\CC12OC(C)(C)C3CC(C1=O)C1Sc4ccccc4NC4c5c(OCNCCO)c6c(c(CC=C(C)C)c5OC32C41)OC(C)(CCC=C(C)C)C=C6. The molecule has 11 heteroatoms. The van der Waals surface area contributed by atoms with Crippen LogP contribution in [0.1, 0.15) is 104 Å². The van der Waals surface area contributed by atoms with Crippen LogP contribution in [0.4, 0.5) is 5.69 Å². The van der Waals surface area contributed by atoms with Crippen molar-refractivity contribution in [3.05, 3.63) is 82.0 Å². The van der Waals surface area contributed by atoms with Crippen molar-refractivity contribution in [1.82, 2.24) is 5.32 Å². The Balaban J connectivity index is 1.43. The minimum Gasteiger partial charge on any atom is -0.482 e. The van der Waals surface area contributed by atoms with E-state index in [0.29, 0.717) is 42.2 Å². The molecule has 59 heavy (non-hydrogen) atoms. The Bertz CT molecular complexity index is 2170. The summed E-state index contributed by atoms with van der Waals surface area (Å²) in [5, 5.41) is 16.8. The second-order valence-corrected chi connectivity index (χ2v) is 19.6. The molecule has 0 amide bonds. The minimum atomic E-state index is -1.40. The fraction of sp³-hybridized carbons (Fsp3) is 0.542. The Morgan fingerprint density at radius 3 is 2.54 bits per heavy atom. The van der Waals surface area contributed by atoms with Crippen molar-refractivity contribution in [2.24, 2.45) is 17.8 Å². The molecule has 2 aromatic rings. The van der Waals surface area contributed by atoms with E-state index in [9.17, 15) is 9.90 Å². The molecule has 3 aliphatic carbocycles. The first-order chi connectivity index (χ1) is 28.1. The first-order valence-electron chi connectivity index (χ1n) is 21.1. The number of aliphatic hydroxyl groups excluding tert-OH is 1. The highest BCUT2D eigenvalue weighted by Gasteiger charge is 2.85. The van der Waals surface area contributed by atoms with Gasteiger partial charge < -0.3 is 34.1 Å². The molecule has 4 bridgehead atoms. The molecule has 0 aromatic heterocycles. The topological polar surface area (TPSA) is 125 Å². The molecule has 7 aliphatic rings. The Morgan fingerprint density at radius 2 is 1.81 bits per heavy atom. The molecule has 8 atom stereocenters. The van der Waals surface area contributed by atoms with E-state index in [4.69, 9.17) is 23.7 Å². The number of fused-ring (bicyclic) bond motifs is 4. The summed E-state index contributed by atoms with van der Waals surface area (Å²) in [6, 6.07) is 7.98. The van der Waals surface area contributed by atoms with Crippen LogP contribution in [0.3, 0.4) is 0 Å². The van der Waals surface area contributed by atoms with Crippen LogP contribution >= 0.6 is 11.8 Å². The summed E-state index contributed by atoms with van der Waals surface area (Å²) >= 11 is 1.76. The van der Waals surface area contributed by atoms with E-state index in [1.165, 1.54) is 12.7 Å². The molecule has 4 aliphatic heterocycles. The predicted molar refractivity (Wildman–Crippen MR) is 231 cm³/mol. The summed E-state index contributed by atoms with van der Waals surface area (Å²) in [5.74, 6) is 0.839. The average molecular weight is 825 g/mol. The van der Waals surface area contributed by atoms with Gasteiger partial charge in [0.15, 0.2) is 17.0 Å². The fourth-order valence-electron chi connectivity index (χ4n) is 10.9. The Hall–Kier alpha value is -4.03. The Labute approximate surface area is 353 Å². The lowest BCUT2D eigenvalue weighted by molar-refractivity contribution is -0.208. The molecule has 8 unspecified atom stereocenters. The standard InChI is InChI=1S/C48H60N2O8S/c1-27(2)13-12-20-46(8)21-19-31-39(56-46)30(17-16-28(3)4)41-36(40(31)55-26-49-23-24-51)38-37-42(59-34-15-11-10-14-33(34)50-38)32-25-35-45(6,7)58-47(43(32)52,48(35,37)57-41)22-18-29(5)44(53)54-9/h10-11,13-16,18-19,21,32,35,37-38,42,49-51H,12,17,20,22-26H2,1-9H3/b29-18-. The first kappa shape index (κ1) is 41.7. The number of anilines is 1. The number of rotatable bonds is 13. The van der Waals surface area contributed by atoms with Crippen molar-refractivity contribution in [2.75, 3.05) is 32.3 Å². The summed E-state index contributed by atoms with van der Waals surface area (Å²) in [4.78, 5) is 29.5. The lowest BCUT2D eigenvalue weighted by atomic mass is 9.45. The van der Waals surface area contributed by atoms with Crippen LogP contribution in [0.25, 0.3) is 6.08 Å². The molecular formula is C48H60N2O8S. The van der Waals surface area contributed by atoms with Crippen molar-refractivity contribution in [1.29, 1.82) is 0 Å². The predicted octanol–water partition coefficient (Wildman–Crippen LogP) is 8.67. The second kappa shape index (κ2) is 15.5. The number of aliphatic hydroxyl groups is 1. The first-order valence-corrected chi connectivity index (χ1v) is 22.0. The van der Waals surface area contributed by atoms with E-state index >= 15 is 4.79 Å². The maximum absolute atomic E-state index is 15.5. The zero-order chi connectivity index (χ0) is 42.1. The quantitative estimate of drug-likeness (QED) is 0.0591. The fourth-order valence-corrected chi connectivity index (χ4v) is 12.5. The zero-order valence-electron chi connectivity index (χ0n) is 36.0. The molecule has 316 valence electrons. The van der Waals surface area contributed by atoms with Gasteiger partial charge in [-0.25, -0.2) is 4.79 Å². The number of benzene rings is 2. The lowest BCUT2D eigenvalue weighted by Crippen LogP contribution is -2.79. The highest BCUT2D eigenvalue weighted by atomic mass is 32.2. The van der Waals surface area contributed by atoms with Gasteiger partial charge in [-0.3, -0.25) is 10.1 Å². The average Bonchev–Trinajstić information content (AvgIpc) is 3.27. The van der Waals surface area contributed by atoms with E-state index in [-0.39, 0.29) is 54.6 Å². The van der Waals surface area contributed by atoms with Crippen LogP contribution in [-0.4, -0.2) is 71.5 Å². The number of ketones is 1. The van der Waals surface area contributed by atoms with Crippen molar-refractivity contribution < 1.29 is 38.4 Å². The van der Waals surface area contributed by atoms with Crippen molar-refractivity contribution >= 4 is 35.3 Å². The number of carbonyl (C=O) groups excluding carboxylic acids is 2. The van der Waals surface area contributed by atoms with Gasteiger partial charge in [0.05, 0.1) is 36.5 Å². The monoisotopic (exact) mass is 824 g/mol. The highest BCUT2D eigenvalue weighted by molar-refractivity contribution is 8.00. The van der Waals surface area contributed by atoms with E-state index in [2.05, 4.69) is 102 Å². The van der Waals surface area contributed by atoms with Gasteiger partial charge in [-0.05, 0) is 105 Å². The van der Waals surface area contributed by atoms with E-state index in [1.807, 2.05) is 12.1 Å². The van der Waals surface area contributed by atoms with Gasteiger partial charge in [-0.15, -0.1) is 11.8 Å². The number of hydrogen-bond donors (Lipinski definition) is 3. The molecule has 4 fully saturated rings. The summed E-state index contributed by atoms with van der Waals surface area (Å²) < 4.78 is 34.4. The lowest BCUT2D eigenvalue weighted by Gasteiger charge is -2.65. The molecule has 3 N–H and O–H groups in total. The number of allylic oxidation sites excluding steroid dienone is 4. The van der Waals surface area contributed by atoms with Gasteiger partial charge in [-0.2, -0.15) is 0 Å². The molecule has 9 rings (SSSR count). The molecular weight excluding hydrogens is 765 g/mol. The van der Waals surface area contributed by atoms with E-state index < -0.39 is 28.4 Å². The van der Waals surface area contributed by atoms with Gasteiger partial charge in [-0.1, -0.05) is 41.5 Å². The van der Waals surface area contributed by atoms with Crippen molar-refractivity contribution in [2.45, 2.75) is 126 Å². The molecule has 3 saturated carbocycles. The number of thioether (sulfide) groups is 1. The van der Waals surface area contributed by atoms with Crippen LogP contribution < -0.4 is 24.8 Å². The summed E-state index contributed by atoms with van der Waals surface area (Å²) in [5.41, 5.74) is 2.56. The number of esters is 1. The Morgan fingerprint density at radius 1 is 1.05 bits per heavy atom. The number of methoxy groups -OCH3 is 1. The molecule has 1 spiro atoms. The maximum atomic E-state index is 15.5. The van der Waals surface area contributed by atoms with Crippen LogP contribution in [0, 0.1) is 17.8 Å². The second-order valence-electron chi connectivity index (χ2n) is 18.4. The zero-order valence-corrected chi connectivity index (χ0v) is 36.8. The Kier molecular flexibility index (Phi) is 10.9. The third kappa shape index (κ3) is 6.66. The van der Waals surface area contributed by atoms with E-state index in [1.54, 1.807) is 18.7 Å². The van der Waals surface area contributed by atoms with Crippen molar-refractivity contribution in [3.8, 4) is 17.2 Å². The van der Waals surface area contributed by atoms with Gasteiger partial charge in [0.1, 0.15) is 29.6 Å². The number of carbonyl (C=O) groups is 2. The number of nitrogens with one attached hydrogen (secondary N) is 2. The van der Waals surface area contributed by atoms with Gasteiger partial charge >= 0.3 is 5.97 Å². The normalized spacial score (nSPS) is 31.3. The minimum absolute atomic E-state index is 0.0274. The summed E-state index contributed by atoms with van der Waals surface area (Å²) in [6.07, 6.45) is 13.5. The maximum Gasteiger partial charge on any atom is 0.333 e. The van der Waals surface area contributed by atoms with E-state index in [0.717, 1.165) is 45.7 Å². The molecule has 1 saturated heterocycles. The summed E-state index contributed by atoms with van der Waals surface area (Å²) in [7, 11) is 1.37. The van der Waals surface area contributed by atoms with Gasteiger partial charge in [0, 0.05) is 57.7 Å². The van der Waals surface area contributed by atoms with Crippen LogP contribution in [0.15, 0.2) is 70.2 Å². The van der Waals surface area contributed by atoms with Crippen molar-refractivity contribution in [3.63, 3.8) is 0 Å². The largest absolute Gasteiger partial charge is 0.482 e. The molecule has 4 heterocycles. The van der Waals surface area contributed by atoms with Crippen LogP contribution in [-0.2, 0) is 25.5 Å². The number of ether oxygens (including phenoxy) is 5.